The van der Waals surface area contributed by atoms with Crippen LogP contribution in [0.15, 0.2) is 66.7 Å². The molecule has 0 saturated heterocycles. The van der Waals surface area contributed by atoms with Gasteiger partial charge in [-0.3, -0.25) is 14.8 Å². The number of fused-ring (bicyclic) bond motifs is 1. The fourth-order valence-corrected chi connectivity index (χ4v) is 4.50. The van der Waals surface area contributed by atoms with Gasteiger partial charge in [-0.15, -0.1) is 0 Å². The van der Waals surface area contributed by atoms with Crippen molar-refractivity contribution >= 4 is 17.6 Å². The van der Waals surface area contributed by atoms with E-state index in [0.717, 1.165) is 22.3 Å². The van der Waals surface area contributed by atoms with Gasteiger partial charge in [0.1, 0.15) is 5.69 Å². The molecule has 182 valence electrons. The fourth-order valence-electron chi connectivity index (χ4n) is 4.50. The monoisotopic (exact) mass is 483 g/mol. The number of H-pyrrole nitrogens is 1. The van der Waals surface area contributed by atoms with Crippen LogP contribution in [0.4, 0.5) is 5.69 Å². The molecule has 0 unspecified atom stereocenters. The number of hydrogen-bond acceptors (Lipinski definition) is 6. The molecule has 0 radical (unpaired) electrons. The number of nitrogens with zero attached hydrogens (tertiary/aromatic N) is 2. The van der Waals surface area contributed by atoms with Crippen molar-refractivity contribution in [2.45, 2.75) is 19.9 Å². The first-order chi connectivity index (χ1) is 17.4. The second-order valence-electron chi connectivity index (χ2n) is 8.50. The molecule has 1 amide bonds. The molecular formula is C28H25N3O5. The van der Waals surface area contributed by atoms with Gasteiger partial charge in [-0.1, -0.05) is 35.9 Å². The van der Waals surface area contributed by atoms with Crippen LogP contribution in [0.5, 0.6) is 11.5 Å². The standard InChI is InChI=1S/C28H25N3O5/c1-4-36-28(34)18-9-12-20(13-10-18)31-26(19-11-14-21(32)22(15-19)35-3)23-24(29-30-25(23)27(31)33)17-7-5-16(2)6-8-17/h5-15,26,32H,4H2,1-3H3,(H,29,30)/t26-/m1/s1. The smallest absolute Gasteiger partial charge is 0.338 e. The number of hydrogen-bond donors (Lipinski definition) is 2. The number of anilines is 1. The van der Waals surface area contributed by atoms with Crippen molar-refractivity contribution in [2.24, 2.45) is 0 Å². The lowest BCUT2D eigenvalue weighted by Gasteiger charge is -2.27. The summed E-state index contributed by atoms with van der Waals surface area (Å²) in [7, 11) is 1.48. The molecule has 1 aromatic heterocycles. The van der Waals surface area contributed by atoms with Crippen molar-refractivity contribution in [1.29, 1.82) is 0 Å². The number of carbonyl (C=O) groups is 2. The Balaban J connectivity index is 1.66. The van der Waals surface area contributed by atoms with Crippen LogP contribution in [0.2, 0.25) is 0 Å². The number of rotatable bonds is 6. The fraction of sp³-hybridized carbons (Fsp3) is 0.179. The minimum atomic E-state index is -0.550. The summed E-state index contributed by atoms with van der Waals surface area (Å²) in [6.45, 7) is 4.04. The molecule has 1 aliphatic rings. The molecule has 8 nitrogen and oxygen atoms in total. The maximum Gasteiger partial charge on any atom is 0.338 e. The van der Waals surface area contributed by atoms with Crippen LogP contribution in [0.1, 0.15) is 50.5 Å². The average Bonchev–Trinajstić information content (AvgIpc) is 3.44. The molecular weight excluding hydrogens is 458 g/mol. The highest BCUT2D eigenvalue weighted by atomic mass is 16.5. The SMILES string of the molecule is CCOC(=O)c1ccc(N2C(=O)c3[nH]nc(-c4ccc(C)cc4)c3[C@H]2c2ccc(O)c(OC)c2)cc1. The second kappa shape index (κ2) is 9.22. The molecule has 5 rings (SSSR count). The second-order valence-corrected chi connectivity index (χ2v) is 8.50. The maximum absolute atomic E-state index is 13.7. The van der Waals surface area contributed by atoms with E-state index in [1.807, 2.05) is 31.2 Å². The maximum atomic E-state index is 13.7. The molecule has 2 N–H and O–H groups in total. The number of methoxy groups -OCH3 is 1. The molecule has 2 heterocycles. The van der Waals surface area contributed by atoms with Gasteiger partial charge in [0.15, 0.2) is 11.5 Å². The summed E-state index contributed by atoms with van der Waals surface area (Å²) in [5.74, 6) is -0.377. The number of nitrogens with one attached hydrogen (secondary N) is 1. The number of amides is 1. The molecule has 36 heavy (non-hydrogen) atoms. The molecule has 0 spiro atoms. The van der Waals surface area contributed by atoms with Gasteiger partial charge in [0.05, 0.1) is 31.0 Å². The molecule has 0 fully saturated rings. The number of phenols is 1. The lowest BCUT2D eigenvalue weighted by molar-refractivity contribution is 0.0526. The van der Waals surface area contributed by atoms with Crippen LogP contribution < -0.4 is 9.64 Å². The third-order valence-electron chi connectivity index (χ3n) is 6.27. The molecule has 1 aliphatic heterocycles. The summed E-state index contributed by atoms with van der Waals surface area (Å²) in [6, 6.07) is 19.1. The quantitative estimate of drug-likeness (QED) is 0.373. The van der Waals surface area contributed by atoms with Crippen LogP contribution in [-0.4, -0.2) is 40.9 Å². The van der Waals surface area contributed by atoms with Gasteiger partial charge in [0.2, 0.25) is 0 Å². The first-order valence-electron chi connectivity index (χ1n) is 11.6. The molecule has 3 aromatic carbocycles. The van der Waals surface area contributed by atoms with Crippen LogP contribution in [0.25, 0.3) is 11.3 Å². The van der Waals surface area contributed by atoms with Crippen LogP contribution >= 0.6 is 0 Å². The molecule has 8 heteroatoms. The predicted octanol–water partition coefficient (Wildman–Crippen LogP) is 5.03. The van der Waals surface area contributed by atoms with Gasteiger partial charge in [0.25, 0.3) is 5.91 Å². The highest BCUT2D eigenvalue weighted by Crippen LogP contribution is 2.46. The molecule has 4 aromatic rings. The van der Waals surface area contributed by atoms with Gasteiger partial charge >= 0.3 is 5.97 Å². The third kappa shape index (κ3) is 3.86. The number of esters is 1. The summed E-state index contributed by atoms with van der Waals surface area (Å²) in [6.07, 6.45) is 0. The van der Waals surface area contributed by atoms with E-state index in [2.05, 4.69) is 10.2 Å². The van der Waals surface area contributed by atoms with Crippen LogP contribution in [-0.2, 0) is 4.74 Å². The Morgan fingerprint density at radius 2 is 1.81 bits per heavy atom. The normalized spacial score (nSPS) is 14.6. The molecule has 1 atom stereocenters. The van der Waals surface area contributed by atoms with Crippen LogP contribution in [0, 0.1) is 6.92 Å². The number of phenolic OH excluding ortho intramolecular Hbond substituents is 1. The minimum Gasteiger partial charge on any atom is -0.504 e. The Kier molecular flexibility index (Phi) is 5.93. The minimum absolute atomic E-state index is 0.00193. The summed E-state index contributed by atoms with van der Waals surface area (Å²) in [4.78, 5) is 27.5. The van der Waals surface area contributed by atoms with E-state index >= 15 is 0 Å². The van der Waals surface area contributed by atoms with E-state index in [9.17, 15) is 14.7 Å². The highest BCUT2D eigenvalue weighted by Gasteiger charge is 2.43. The lowest BCUT2D eigenvalue weighted by Crippen LogP contribution is -2.29. The van der Waals surface area contributed by atoms with Gasteiger partial charge in [-0.2, -0.15) is 5.10 Å². The van der Waals surface area contributed by atoms with E-state index in [-0.39, 0.29) is 18.3 Å². The van der Waals surface area contributed by atoms with Crippen molar-refractivity contribution < 1.29 is 24.2 Å². The number of ether oxygens (including phenoxy) is 2. The van der Waals surface area contributed by atoms with Crippen molar-refractivity contribution in [3.05, 3.63) is 94.7 Å². The Morgan fingerprint density at radius 3 is 2.47 bits per heavy atom. The summed E-state index contributed by atoms with van der Waals surface area (Å²) < 4.78 is 10.4. The van der Waals surface area contributed by atoms with Crippen molar-refractivity contribution in [1.82, 2.24) is 10.2 Å². The highest BCUT2D eigenvalue weighted by molar-refractivity contribution is 6.12. The summed E-state index contributed by atoms with van der Waals surface area (Å²) in [5.41, 5.74) is 5.51. The zero-order valence-corrected chi connectivity index (χ0v) is 20.1. The topological polar surface area (TPSA) is 105 Å². The van der Waals surface area contributed by atoms with Gasteiger partial charge < -0.3 is 14.6 Å². The number of aromatic amines is 1. The number of aryl methyl sites for hydroxylation is 1. The number of benzene rings is 3. The largest absolute Gasteiger partial charge is 0.504 e. The zero-order valence-electron chi connectivity index (χ0n) is 20.1. The predicted molar refractivity (Wildman–Crippen MR) is 134 cm³/mol. The first kappa shape index (κ1) is 23.2. The molecule has 0 bridgehead atoms. The third-order valence-corrected chi connectivity index (χ3v) is 6.27. The summed E-state index contributed by atoms with van der Waals surface area (Å²) in [5, 5.41) is 17.6. The van der Waals surface area contributed by atoms with E-state index < -0.39 is 12.0 Å². The lowest BCUT2D eigenvalue weighted by atomic mass is 9.95. The van der Waals surface area contributed by atoms with E-state index in [1.165, 1.54) is 7.11 Å². The number of carbonyl (C=O) groups excluding carboxylic acids is 2. The Labute approximate surface area is 208 Å². The zero-order chi connectivity index (χ0) is 25.4. The number of aromatic nitrogens is 2. The van der Waals surface area contributed by atoms with Crippen molar-refractivity contribution in [3.63, 3.8) is 0 Å². The Hall–Kier alpha value is -4.59. The van der Waals surface area contributed by atoms with Gasteiger partial charge in [-0.25, -0.2) is 4.79 Å². The Bertz CT molecular complexity index is 1440. The van der Waals surface area contributed by atoms with E-state index in [1.54, 1.807) is 54.3 Å². The van der Waals surface area contributed by atoms with E-state index in [0.29, 0.717) is 28.4 Å². The van der Waals surface area contributed by atoms with Crippen molar-refractivity contribution in [2.75, 3.05) is 18.6 Å². The first-order valence-corrected chi connectivity index (χ1v) is 11.6. The molecule has 0 saturated carbocycles. The van der Waals surface area contributed by atoms with Gasteiger partial charge in [-0.05, 0) is 55.8 Å². The van der Waals surface area contributed by atoms with Crippen LogP contribution in [0.3, 0.4) is 0 Å². The molecule has 0 aliphatic carbocycles. The number of aromatic hydroxyl groups is 1. The Morgan fingerprint density at radius 1 is 1.08 bits per heavy atom. The average molecular weight is 484 g/mol. The van der Waals surface area contributed by atoms with Gasteiger partial charge in [0, 0.05) is 16.8 Å². The van der Waals surface area contributed by atoms with Crippen molar-refractivity contribution in [3.8, 4) is 22.8 Å². The van der Waals surface area contributed by atoms with E-state index in [4.69, 9.17) is 9.47 Å². The summed E-state index contributed by atoms with van der Waals surface area (Å²) >= 11 is 0.